The molecule has 0 aliphatic carbocycles. The highest BCUT2D eigenvalue weighted by molar-refractivity contribution is 7.88. The van der Waals surface area contributed by atoms with Crippen LogP contribution in [-0.2, 0) is 21.2 Å². The molecular weight excluding hydrogens is 340 g/mol. The first-order chi connectivity index (χ1) is 11.8. The van der Waals surface area contributed by atoms with Crippen LogP contribution in [0.1, 0.15) is 24.0 Å². The van der Waals surface area contributed by atoms with Gasteiger partial charge in [-0.3, -0.25) is 0 Å². The van der Waals surface area contributed by atoms with Gasteiger partial charge in [0.15, 0.2) is 0 Å². The van der Waals surface area contributed by atoms with Crippen molar-refractivity contribution in [2.75, 3.05) is 26.0 Å². The normalized spacial score (nSPS) is 18.0. The third-order valence-electron chi connectivity index (χ3n) is 4.14. The number of ether oxygens (including phenoxy) is 1. The summed E-state index contributed by atoms with van der Waals surface area (Å²) in [4.78, 5) is 13.5. The second kappa shape index (κ2) is 9.01. The van der Waals surface area contributed by atoms with Crippen LogP contribution in [-0.4, -0.2) is 51.4 Å². The number of hydrogen-bond acceptors (Lipinski definition) is 4. The smallest absolute Gasteiger partial charge is 0.410 e. The fraction of sp³-hybridized carbons (Fsp3) is 0.500. The molecule has 1 aliphatic heterocycles. The van der Waals surface area contributed by atoms with Crippen molar-refractivity contribution in [2.45, 2.75) is 32.2 Å². The van der Waals surface area contributed by atoms with E-state index < -0.39 is 16.1 Å². The molecule has 138 valence electrons. The Morgan fingerprint density at radius 3 is 2.84 bits per heavy atom. The number of sulfonamides is 1. The summed E-state index contributed by atoms with van der Waals surface area (Å²) in [5.74, 6) is 0. The second-order valence-corrected chi connectivity index (χ2v) is 8.12. The number of nitrogens with zero attached hydrogens (tertiary/aromatic N) is 1. The van der Waals surface area contributed by atoms with E-state index in [0.717, 1.165) is 19.1 Å². The number of carbonyl (C=O) groups is 1. The van der Waals surface area contributed by atoms with Crippen molar-refractivity contribution >= 4 is 16.1 Å². The third kappa shape index (κ3) is 6.88. The van der Waals surface area contributed by atoms with Crippen LogP contribution in [0.25, 0.3) is 0 Å². The molecule has 0 saturated carbocycles. The minimum atomic E-state index is -3.25. The number of amides is 1. The summed E-state index contributed by atoms with van der Waals surface area (Å²) in [7, 11) is -3.25. The van der Waals surface area contributed by atoms with E-state index in [2.05, 4.69) is 23.8 Å². The van der Waals surface area contributed by atoms with Gasteiger partial charge in [0.05, 0.1) is 6.26 Å². The molecule has 1 N–H and O–H groups in total. The Kier molecular flexibility index (Phi) is 7.01. The van der Waals surface area contributed by atoms with Gasteiger partial charge in [0.2, 0.25) is 10.0 Å². The van der Waals surface area contributed by atoms with E-state index in [1.165, 1.54) is 16.0 Å². The minimum Gasteiger partial charge on any atom is -0.445 e. The molecule has 0 aromatic heterocycles. The highest BCUT2D eigenvalue weighted by Gasteiger charge is 2.28. The zero-order chi connectivity index (χ0) is 18.3. The summed E-state index contributed by atoms with van der Waals surface area (Å²) >= 11 is 0. The molecule has 0 unspecified atom stereocenters. The van der Waals surface area contributed by atoms with Crippen molar-refractivity contribution in [1.29, 1.82) is 0 Å². The minimum absolute atomic E-state index is 0.229. The van der Waals surface area contributed by atoms with Gasteiger partial charge in [0.25, 0.3) is 0 Å². The number of benzene rings is 1. The lowest BCUT2D eigenvalue weighted by atomic mass is 10.0. The Labute approximate surface area is 149 Å². The van der Waals surface area contributed by atoms with Crippen LogP contribution in [0.3, 0.4) is 0 Å². The van der Waals surface area contributed by atoms with E-state index in [1.54, 1.807) is 0 Å². The van der Waals surface area contributed by atoms with Gasteiger partial charge in [0, 0.05) is 19.1 Å². The fourth-order valence-corrected chi connectivity index (χ4v) is 3.65. The lowest BCUT2D eigenvalue weighted by Crippen LogP contribution is -2.38. The number of carbonyl (C=O) groups excluding carboxylic acids is 1. The van der Waals surface area contributed by atoms with Gasteiger partial charge in [-0.1, -0.05) is 36.4 Å². The monoisotopic (exact) mass is 366 g/mol. The van der Waals surface area contributed by atoms with Crippen molar-refractivity contribution < 1.29 is 17.9 Å². The Balaban J connectivity index is 1.65. The molecule has 1 aromatic rings. The highest BCUT2D eigenvalue weighted by Crippen LogP contribution is 2.12. The van der Waals surface area contributed by atoms with E-state index >= 15 is 0 Å². The molecule has 1 heterocycles. The predicted molar refractivity (Wildman–Crippen MR) is 97.9 cm³/mol. The molecule has 1 saturated heterocycles. The van der Waals surface area contributed by atoms with Crippen LogP contribution < -0.4 is 4.72 Å². The molecule has 1 aliphatic rings. The zero-order valence-corrected chi connectivity index (χ0v) is 15.6. The molecule has 0 bridgehead atoms. The van der Waals surface area contributed by atoms with E-state index in [4.69, 9.17) is 4.74 Å². The van der Waals surface area contributed by atoms with Crippen molar-refractivity contribution in [3.05, 3.63) is 47.5 Å². The Morgan fingerprint density at radius 1 is 1.36 bits per heavy atom. The Morgan fingerprint density at radius 2 is 2.12 bits per heavy atom. The average Bonchev–Trinajstić information content (AvgIpc) is 2.98. The van der Waals surface area contributed by atoms with Crippen molar-refractivity contribution in [3.8, 4) is 0 Å². The summed E-state index contributed by atoms with van der Waals surface area (Å²) in [5.41, 5.74) is 2.61. The molecule has 1 amide bonds. The van der Waals surface area contributed by atoms with Crippen LogP contribution in [0.15, 0.2) is 36.4 Å². The van der Waals surface area contributed by atoms with Gasteiger partial charge in [0.1, 0.15) is 6.61 Å². The SMILES string of the molecule is Cc1ccccc1CC/C=C/COC(=O)N1CC[C@H](NS(C)(=O)=O)C1. The van der Waals surface area contributed by atoms with Crippen LogP contribution >= 0.6 is 0 Å². The molecule has 1 atom stereocenters. The maximum Gasteiger partial charge on any atom is 0.410 e. The lowest BCUT2D eigenvalue weighted by Gasteiger charge is -2.15. The van der Waals surface area contributed by atoms with Crippen molar-refractivity contribution in [3.63, 3.8) is 0 Å². The topological polar surface area (TPSA) is 75.7 Å². The average molecular weight is 366 g/mol. The van der Waals surface area contributed by atoms with E-state index in [1.807, 2.05) is 24.3 Å². The first kappa shape index (κ1) is 19.5. The molecule has 2 rings (SSSR count). The zero-order valence-electron chi connectivity index (χ0n) is 14.8. The van der Waals surface area contributed by atoms with Gasteiger partial charge in [-0.05, 0) is 37.3 Å². The van der Waals surface area contributed by atoms with Crippen molar-refractivity contribution in [2.24, 2.45) is 0 Å². The first-order valence-corrected chi connectivity index (χ1v) is 10.3. The summed E-state index contributed by atoms with van der Waals surface area (Å²) in [6, 6.07) is 8.06. The van der Waals surface area contributed by atoms with Crippen LogP contribution in [0, 0.1) is 6.92 Å². The van der Waals surface area contributed by atoms with Crippen LogP contribution in [0.5, 0.6) is 0 Å². The summed E-state index contributed by atoms with van der Waals surface area (Å²) in [5, 5.41) is 0. The molecule has 7 heteroatoms. The number of likely N-dealkylation sites (tertiary alicyclic amines) is 1. The maximum atomic E-state index is 11.9. The second-order valence-electron chi connectivity index (χ2n) is 6.34. The number of nitrogens with one attached hydrogen (secondary N) is 1. The fourth-order valence-electron chi connectivity index (χ4n) is 2.85. The number of aryl methyl sites for hydroxylation is 2. The molecule has 25 heavy (non-hydrogen) atoms. The van der Waals surface area contributed by atoms with Crippen LogP contribution in [0.4, 0.5) is 4.79 Å². The van der Waals surface area contributed by atoms with Gasteiger partial charge < -0.3 is 9.64 Å². The maximum absolute atomic E-state index is 11.9. The first-order valence-electron chi connectivity index (χ1n) is 8.43. The summed E-state index contributed by atoms with van der Waals surface area (Å²) in [6.07, 6.45) is 7.04. The molecule has 1 fully saturated rings. The van der Waals surface area contributed by atoms with Gasteiger partial charge >= 0.3 is 6.09 Å². The molecule has 6 nitrogen and oxygen atoms in total. The third-order valence-corrected chi connectivity index (χ3v) is 4.90. The Bertz CT molecular complexity index is 716. The van der Waals surface area contributed by atoms with Gasteiger partial charge in [-0.25, -0.2) is 17.9 Å². The predicted octanol–water partition coefficient (Wildman–Crippen LogP) is 2.24. The highest BCUT2D eigenvalue weighted by atomic mass is 32.2. The quantitative estimate of drug-likeness (QED) is 0.751. The van der Waals surface area contributed by atoms with Gasteiger partial charge in [-0.2, -0.15) is 0 Å². The molecular formula is C18H26N2O4S. The number of hydrogen-bond donors (Lipinski definition) is 1. The van der Waals surface area contributed by atoms with Crippen molar-refractivity contribution in [1.82, 2.24) is 9.62 Å². The summed E-state index contributed by atoms with van der Waals surface area (Å²) < 4.78 is 30.1. The summed E-state index contributed by atoms with van der Waals surface area (Å²) in [6.45, 7) is 3.18. The lowest BCUT2D eigenvalue weighted by molar-refractivity contribution is 0.120. The number of rotatable bonds is 7. The number of allylic oxidation sites excluding steroid dienone is 1. The Hall–Kier alpha value is -1.86. The molecule has 1 aromatic carbocycles. The molecule has 0 radical (unpaired) electrons. The standard InChI is InChI=1S/C18H26N2O4S/c1-15-8-5-6-10-16(15)9-4-3-7-13-24-18(21)20-12-11-17(14-20)19-25(2,22)23/h3,5-8,10,17,19H,4,9,11-14H2,1-2H3/b7-3+/t17-/m0/s1. The van der Waals surface area contributed by atoms with Gasteiger partial charge in [-0.15, -0.1) is 0 Å². The van der Waals surface area contributed by atoms with E-state index in [0.29, 0.717) is 19.5 Å². The van der Waals surface area contributed by atoms with Crippen LogP contribution in [0.2, 0.25) is 0 Å². The largest absolute Gasteiger partial charge is 0.445 e. The van der Waals surface area contributed by atoms with E-state index in [9.17, 15) is 13.2 Å². The van der Waals surface area contributed by atoms with E-state index in [-0.39, 0.29) is 12.6 Å². The molecule has 0 spiro atoms.